The second kappa shape index (κ2) is 3.40. The molecule has 0 aromatic heterocycles. The van der Waals surface area contributed by atoms with E-state index in [0.29, 0.717) is 18.9 Å². The van der Waals surface area contributed by atoms with Gasteiger partial charge in [0.05, 0.1) is 0 Å². The molecule has 0 aromatic rings. The van der Waals surface area contributed by atoms with E-state index in [1.165, 1.54) is 0 Å². The predicted molar refractivity (Wildman–Crippen MR) is 51.3 cm³/mol. The molecule has 0 spiro atoms. The quantitative estimate of drug-likeness (QED) is 0.329. The van der Waals surface area contributed by atoms with Crippen LogP contribution >= 0.6 is 10.2 Å². The Kier molecular flexibility index (Phi) is 3.33. The Labute approximate surface area is 80.9 Å². The van der Waals surface area contributed by atoms with E-state index in [4.69, 9.17) is 0 Å². The normalized spacial score (nSPS) is 19.6. The second-order valence-electron chi connectivity index (χ2n) is 3.30. The van der Waals surface area contributed by atoms with Crippen LogP contribution < -0.4 is 0 Å². The molecule has 0 aliphatic heterocycles. The van der Waals surface area contributed by atoms with Crippen molar-refractivity contribution in [1.29, 1.82) is 0 Å². The van der Waals surface area contributed by atoms with Gasteiger partial charge in [0.2, 0.25) is 0 Å². The van der Waals surface area contributed by atoms with Crippen LogP contribution in [0.4, 0.5) is 19.4 Å². The van der Waals surface area contributed by atoms with E-state index in [1.54, 1.807) is 6.92 Å². The highest BCUT2D eigenvalue weighted by molar-refractivity contribution is 8.46. The van der Waals surface area contributed by atoms with Crippen LogP contribution in [0.3, 0.4) is 0 Å². The maximum Gasteiger partial charge on any atom is 0.291 e. The summed E-state index contributed by atoms with van der Waals surface area (Å²) < 4.78 is 61.2. The average Bonchev–Trinajstić information content (AvgIpc) is 1.92. The first-order valence-corrected chi connectivity index (χ1v) is 6.38. The fraction of sp³-hybridized carbons (Fsp3) is 0.750. The molecule has 0 N–H and O–H groups in total. The maximum atomic E-state index is 12.2. The van der Waals surface area contributed by atoms with Crippen LogP contribution in [-0.2, 0) is 0 Å². The number of hydrogen-bond donors (Lipinski definition) is 0. The molecule has 0 radical (unpaired) electrons. The predicted octanol–water partition coefficient (Wildman–Crippen LogP) is 5.42. The Balaban J connectivity index is 4.52. The Bertz CT molecular complexity index is 203. The summed E-state index contributed by atoms with van der Waals surface area (Å²) in [7, 11) is -9.35. The molecule has 0 saturated carbocycles. The molecule has 0 aliphatic rings. The minimum absolute atomic E-state index is 0.152. The maximum absolute atomic E-state index is 12.2. The molecule has 0 rings (SSSR count). The summed E-state index contributed by atoms with van der Waals surface area (Å²) in [5.41, 5.74) is 0. The lowest BCUT2D eigenvalue weighted by Crippen LogP contribution is -2.23. The van der Waals surface area contributed by atoms with Crippen LogP contribution in [0.5, 0.6) is 0 Å². The van der Waals surface area contributed by atoms with Crippen molar-refractivity contribution in [2.75, 3.05) is 0 Å². The van der Waals surface area contributed by atoms with E-state index in [9.17, 15) is 19.4 Å². The zero-order valence-electron chi connectivity index (χ0n) is 7.99. The van der Waals surface area contributed by atoms with Gasteiger partial charge >= 0.3 is 0 Å². The highest BCUT2D eigenvalue weighted by atomic mass is 32.5. The van der Waals surface area contributed by atoms with E-state index < -0.39 is 21.9 Å². The number of rotatable bonds is 6. The molecule has 0 fully saturated rings. The zero-order chi connectivity index (χ0) is 11.5. The van der Waals surface area contributed by atoms with Gasteiger partial charge in [-0.05, 0) is 6.42 Å². The third-order valence-corrected chi connectivity index (χ3v) is 3.50. The van der Waals surface area contributed by atoms with Crippen LogP contribution in [0.2, 0.25) is 0 Å². The molecular formula is C8H15F5S. The van der Waals surface area contributed by atoms with Crippen molar-refractivity contribution in [3.8, 4) is 0 Å². The number of hydrogen-bond acceptors (Lipinski definition) is 0. The van der Waals surface area contributed by atoms with Gasteiger partial charge in [-0.2, -0.15) is 0 Å². The molecule has 88 valence electrons. The van der Waals surface area contributed by atoms with Crippen molar-refractivity contribution in [2.24, 2.45) is 0 Å². The smallest absolute Gasteiger partial charge is 0.102 e. The third-order valence-electron chi connectivity index (χ3n) is 1.93. The SMILES string of the molecule is C=CC(CCCCC)S(F)(F)(F)(F)F. The van der Waals surface area contributed by atoms with Crippen molar-refractivity contribution >= 4 is 10.2 Å². The average molecular weight is 238 g/mol. The van der Waals surface area contributed by atoms with E-state index in [2.05, 4.69) is 6.58 Å². The lowest BCUT2D eigenvalue weighted by Gasteiger charge is -2.46. The molecule has 1 atom stereocenters. The molecule has 0 aromatic carbocycles. The number of unbranched alkanes of at least 4 members (excludes halogenated alkanes) is 2. The Morgan fingerprint density at radius 3 is 1.93 bits per heavy atom. The van der Waals surface area contributed by atoms with Crippen molar-refractivity contribution in [3.63, 3.8) is 0 Å². The summed E-state index contributed by atoms with van der Waals surface area (Å²) in [6.45, 7) is 4.62. The standard InChI is InChI=1S/C8H15F5S/c1-3-5-6-7-8(4-2)14(9,10,11,12)13/h4,8H,2-3,5-7H2,1H3. The van der Waals surface area contributed by atoms with Crippen LogP contribution in [0.25, 0.3) is 0 Å². The monoisotopic (exact) mass is 238 g/mol. The minimum atomic E-state index is -9.35. The lowest BCUT2D eigenvalue weighted by molar-refractivity contribution is 0.346. The van der Waals surface area contributed by atoms with E-state index in [0.717, 1.165) is 0 Å². The van der Waals surface area contributed by atoms with Crippen LogP contribution in [0, 0.1) is 0 Å². The topological polar surface area (TPSA) is 0 Å². The fourth-order valence-electron chi connectivity index (χ4n) is 1.12. The van der Waals surface area contributed by atoms with Gasteiger partial charge in [-0.1, -0.05) is 51.7 Å². The van der Waals surface area contributed by atoms with E-state index in [-0.39, 0.29) is 6.42 Å². The van der Waals surface area contributed by atoms with Gasteiger partial charge in [0, 0.05) is 0 Å². The van der Waals surface area contributed by atoms with Crippen molar-refractivity contribution < 1.29 is 19.4 Å². The summed E-state index contributed by atoms with van der Waals surface area (Å²) in [4.78, 5) is 0. The molecule has 6 heteroatoms. The molecule has 0 nitrogen and oxygen atoms in total. The van der Waals surface area contributed by atoms with Gasteiger partial charge in [0.1, 0.15) is 5.25 Å². The lowest BCUT2D eigenvalue weighted by atomic mass is 10.1. The summed E-state index contributed by atoms with van der Waals surface area (Å²) in [6.07, 6.45) is 1.13. The van der Waals surface area contributed by atoms with E-state index in [1.807, 2.05) is 0 Å². The van der Waals surface area contributed by atoms with Crippen molar-refractivity contribution in [1.82, 2.24) is 0 Å². The van der Waals surface area contributed by atoms with Gasteiger partial charge in [-0.3, -0.25) is 0 Å². The molecule has 0 bridgehead atoms. The zero-order valence-corrected chi connectivity index (χ0v) is 8.80. The highest BCUT2D eigenvalue weighted by Gasteiger charge is 2.68. The van der Waals surface area contributed by atoms with E-state index >= 15 is 0 Å². The summed E-state index contributed by atoms with van der Waals surface area (Å²) in [6, 6.07) is 0. The molecule has 14 heavy (non-hydrogen) atoms. The van der Waals surface area contributed by atoms with Gasteiger partial charge in [0.15, 0.2) is 0 Å². The number of halogens is 5. The molecule has 0 aliphatic carbocycles. The van der Waals surface area contributed by atoms with Gasteiger partial charge in [-0.25, -0.2) is 0 Å². The van der Waals surface area contributed by atoms with Crippen LogP contribution in [0.1, 0.15) is 32.6 Å². The Morgan fingerprint density at radius 1 is 1.14 bits per heavy atom. The van der Waals surface area contributed by atoms with Crippen LogP contribution in [0.15, 0.2) is 12.7 Å². The van der Waals surface area contributed by atoms with Crippen molar-refractivity contribution in [3.05, 3.63) is 12.7 Å². The molecular weight excluding hydrogens is 223 g/mol. The molecule has 0 amide bonds. The van der Waals surface area contributed by atoms with Gasteiger partial charge in [0.25, 0.3) is 10.2 Å². The summed E-state index contributed by atoms with van der Waals surface area (Å²) >= 11 is 0. The molecule has 0 saturated heterocycles. The summed E-state index contributed by atoms with van der Waals surface area (Å²) in [5.74, 6) is 0. The largest absolute Gasteiger partial charge is 0.291 e. The van der Waals surface area contributed by atoms with Gasteiger partial charge < -0.3 is 0 Å². The molecule has 0 heterocycles. The minimum Gasteiger partial charge on any atom is -0.102 e. The first-order valence-electron chi connectivity index (χ1n) is 4.36. The van der Waals surface area contributed by atoms with Gasteiger partial charge in [-0.15, -0.1) is 6.58 Å². The second-order valence-corrected chi connectivity index (χ2v) is 5.96. The van der Waals surface area contributed by atoms with Crippen molar-refractivity contribution in [2.45, 2.75) is 37.9 Å². The Morgan fingerprint density at radius 2 is 1.64 bits per heavy atom. The highest BCUT2D eigenvalue weighted by Crippen LogP contribution is 3.00. The summed E-state index contributed by atoms with van der Waals surface area (Å²) in [5, 5.41) is -2.64. The Hall–Kier alpha value is -0.260. The molecule has 1 unspecified atom stereocenters. The third kappa shape index (κ3) is 4.83. The van der Waals surface area contributed by atoms with Crippen LogP contribution in [-0.4, -0.2) is 5.25 Å². The first kappa shape index (κ1) is 13.7. The first-order chi connectivity index (χ1) is 6.01. The fourth-order valence-corrected chi connectivity index (χ4v) is 2.09.